The number of H-pyrrole nitrogens is 1. The second-order valence-electron chi connectivity index (χ2n) is 5.67. The zero-order chi connectivity index (χ0) is 16.2. The van der Waals surface area contributed by atoms with Crippen molar-refractivity contribution in [1.82, 2.24) is 10.3 Å². The molecule has 0 unspecified atom stereocenters. The van der Waals surface area contributed by atoms with E-state index < -0.39 is 0 Å². The van der Waals surface area contributed by atoms with Gasteiger partial charge in [-0.25, -0.2) is 4.39 Å². The van der Waals surface area contributed by atoms with Crippen LogP contribution in [0.5, 0.6) is 0 Å². The van der Waals surface area contributed by atoms with Crippen molar-refractivity contribution in [2.24, 2.45) is 0 Å². The van der Waals surface area contributed by atoms with Gasteiger partial charge in [0.25, 0.3) is 0 Å². The Bertz CT molecular complexity index is 825. The molecule has 0 aliphatic carbocycles. The van der Waals surface area contributed by atoms with Crippen molar-refractivity contribution < 1.29 is 9.18 Å². The molecule has 0 spiro atoms. The molecule has 3 rings (SSSR count). The first-order valence-electron chi connectivity index (χ1n) is 7.74. The summed E-state index contributed by atoms with van der Waals surface area (Å²) in [6, 6.07) is 14.2. The highest BCUT2D eigenvalue weighted by Gasteiger charge is 2.13. The molecule has 3 aromatic rings. The van der Waals surface area contributed by atoms with Gasteiger partial charge in [0.15, 0.2) is 0 Å². The molecule has 23 heavy (non-hydrogen) atoms. The number of amides is 1. The van der Waals surface area contributed by atoms with E-state index in [9.17, 15) is 9.18 Å². The zero-order valence-electron chi connectivity index (χ0n) is 13.0. The number of aromatic amines is 1. The molecule has 0 radical (unpaired) electrons. The highest BCUT2D eigenvalue weighted by atomic mass is 19.1. The Balaban J connectivity index is 1.61. The molecule has 0 fully saturated rings. The summed E-state index contributed by atoms with van der Waals surface area (Å²) in [6.07, 6.45) is 2.97. The van der Waals surface area contributed by atoms with Crippen molar-refractivity contribution in [1.29, 1.82) is 0 Å². The molecule has 0 aliphatic rings. The van der Waals surface area contributed by atoms with Gasteiger partial charge >= 0.3 is 0 Å². The van der Waals surface area contributed by atoms with E-state index in [1.54, 1.807) is 25.1 Å². The average Bonchev–Trinajstić information content (AvgIpc) is 2.96. The van der Waals surface area contributed by atoms with Crippen LogP contribution < -0.4 is 5.32 Å². The molecular weight excluding hydrogens is 291 g/mol. The summed E-state index contributed by atoms with van der Waals surface area (Å²) >= 11 is 0. The molecule has 118 valence electrons. The number of para-hydroxylation sites is 1. The third kappa shape index (κ3) is 3.42. The lowest BCUT2D eigenvalue weighted by Crippen LogP contribution is -2.27. The van der Waals surface area contributed by atoms with E-state index >= 15 is 0 Å². The van der Waals surface area contributed by atoms with Crippen LogP contribution in [0.3, 0.4) is 0 Å². The van der Waals surface area contributed by atoms with E-state index in [0.717, 1.165) is 16.5 Å². The number of carbonyl (C=O) groups is 1. The molecule has 0 saturated heterocycles. The van der Waals surface area contributed by atoms with Gasteiger partial charge in [0.1, 0.15) is 5.82 Å². The Morgan fingerprint density at radius 2 is 1.91 bits per heavy atom. The van der Waals surface area contributed by atoms with Crippen LogP contribution in [0.25, 0.3) is 10.9 Å². The van der Waals surface area contributed by atoms with Crippen molar-refractivity contribution in [2.45, 2.75) is 25.8 Å². The minimum atomic E-state index is -0.341. The number of aromatic nitrogens is 1. The van der Waals surface area contributed by atoms with Crippen LogP contribution in [-0.2, 0) is 11.2 Å². The Labute approximate surface area is 134 Å². The number of hydrogen-bond donors (Lipinski definition) is 2. The number of aryl methyl sites for hydroxylation is 1. The second-order valence-corrected chi connectivity index (χ2v) is 5.67. The second kappa shape index (κ2) is 6.65. The van der Waals surface area contributed by atoms with E-state index in [0.29, 0.717) is 18.4 Å². The molecule has 1 atom stereocenters. The molecule has 0 aliphatic heterocycles. The summed E-state index contributed by atoms with van der Waals surface area (Å²) in [5, 5.41) is 4.00. The zero-order valence-corrected chi connectivity index (χ0v) is 13.0. The van der Waals surface area contributed by atoms with Crippen LogP contribution >= 0.6 is 0 Å². The maximum atomic E-state index is 13.7. The summed E-state index contributed by atoms with van der Waals surface area (Å²) in [5.74, 6) is -0.372. The maximum absolute atomic E-state index is 13.7. The number of rotatable bonds is 5. The predicted molar refractivity (Wildman–Crippen MR) is 89.6 cm³/mol. The Morgan fingerprint density at radius 3 is 2.74 bits per heavy atom. The van der Waals surface area contributed by atoms with Gasteiger partial charge in [0, 0.05) is 29.1 Å². The number of nitrogens with one attached hydrogen (secondary N) is 2. The van der Waals surface area contributed by atoms with Gasteiger partial charge in [0.2, 0.25) is 5.91 Å². The fourth-order valence-electron chi connectivity index (χ4n) is 2.80. The molecule has 0 bridgehead atoms. The normalized spacial score (nSPS) is 12.3. The maximum Gasteiger partial charge on any atom is 0.220 e. The molecule has 2 aromatic carbocycles. The van der Waals surface area contributed by atoms with Crippen LogP contribution in [0.1, 0.15) is 30.5 Å². The highest BCUT2D eigenvalue weighted by molar-refractivity contribution is 5.84. The van der Waals surface area contributed by atoms with Crippen molar-refractivity contribution in [3.63, 3.8) is 0 Å². The lowest BCUT2D eigenvalue weighted by atomic mass is 10.1. The van der Waals surface area contributed by atoms with Crippen molar-refractivity contribution in [3.8, 4) is 0 Å². The number of benzene rings is 2. The molecule has 1 heterocycles. The largest absolute Gasteiger partial charge is 0.361 e. The van der Waals surface area contributed by atoms with Crippen molar-refractivity contribution in [3.05, 3.63) is 71.7 Å². The molecule has 1 amide bonds. The summed E-state index contributed by atoms with van der Waals surface area (Å²) in [6.45, 7) is 1.79. The lowest BCUT2D eigenvalue weighted by Gasteiger charge is -2.15. The van der Waals surface area contributed by atoms with Gasteiger partial charge in [-0.15, -0.1) is 0 Å². The van der Waals surface area contributed by atoms with Crippen LogP contribution in [-0.4, -0.2) is 10.9 Å². The number of hydrogen-bond acceptors (Lipinski definition) is 1. The summed E-state index contributed by atoms with van der Waals surface area (Å²) in [5.41, 5.74) is 2.70. The first-order chi connectivity index (χ1) is 11.1. The fourth-order valence-corrected chi connectivity index (χ4v) is 2.80. The van der Waals surface area contributed by atoms with Gasteiger partial charge in [-0.2, -0.15) is 0 Å². The van der Waals surface area contributed by atoms with E-state index in [2.05, 4.69) is 10.3 Å². The van der Waals surface area contributed by atoms with Crippen molar-refractivity contribution >= 4 is 16.8 Å². The number of carbonyl (C=O) groups excluding carboxylic acids is 1. The van der Waals surface area contributed by atoms with Crippen LogP contribution in [0, 0.1) is 5.82 Å². The fraction of sp³-hybridized carbons (Fsp3) is 0.211. The highest BCUT2D eigenvalue weighted by Crippen LogP contribution is 2.20. The van der Waals surface area contributed by atoms with Gasteiger partial charge in [-0.3, -0.25) is 4.79 Å². The summed E-state index contributed by atoms with van der Waals surface area (Å²) in [4.78, 5) is 15.3. The third-order valence-corrected chi connectivity index (χ3v) is 4.05. The first-order valence-corrected chi connectivity index (χ1v) is 7.74. The molecule has 1 aromatic heterocycles. The smallest absolute Gasteiger partial charge is 0.220 e. The molecule has 4 heteroatoms. The quantitative estimate of drug-likeness (QED) is 0.731. The first kappa shape index (κ1) is 15.3. The predicted octanol–water partition coefficient (Wildman–Crippen LogP) is 4.12. The SMILES string of the molecule is C[C@H](NC(=O)CCc1c[nH]c2ccccc12)c1ccccc1F. The standard InChI is InChI=1S/C19H19FN2O/c1-13(15-6-2-4-8-17(15)20)22-19(23)11-10-14-12-21-18-9-5-3-7-16(14)18/h2-9,12-13,21H,10-11H2,1H3,(H,22,23)/t13-/m0/s1. The summed E-state index contributed by atoms with van der Waals surface area (Å²) in [7, 11) is 0. The van der Waals surface area contributed by atoms with Gasteiger partial charge in [-0.05, 0) is 31.0 Å². The topological polar surface area (TPSA) is 44.9 Å². The van der Waals surface area contributed by atoms with Gasteiger partial charge in [0.05, 0.1) is 6.04 Å². The Hall–Kier alpha value is -2.62. The molecule has 2 N–H and O–H groups in total. The Kier molecular flexibility index (Phi) is 4.42. The number of halogens is 1. The Morgan fingerprint density at radius 1 is 1.17 bits per heavy atom. The van der Waals surface area contributed by atoms with Gasteiger partial charge < -0.3 is 10.3 Å². The molecule has 0 saturated carbocycles. The van der Waals surface area contributed by atoms with E-state index in [1.165, 1.54) is 6.07 Å². The average molecular weight is 310 g/mol. The third-order valence-electron chi connectivity index (χ3n) is 4.05. The summed E-state index contributed by atoms with van der Waals surface area (Å²) < 4.78 is 13.7. The van der Waals surface area contributed by atoms with E-state index in [1.807, 2.05) is 30.5 Å². The van der Waals surface area contributed by atoms with Crippen molar-refractivity contribution in [2.75, 3.05) is 0 Å². The van der Waals surface area contributed by atoms with E-state index in [4.69, 9.17) is 0 Å². The van der Waals surface area contributed by atoms with E-state index in [-0.39, 0.29) is 17.8 Å². The minimum absolute atomic E-state index is 0.0777. The van der Waals surface area contributed by atoms with Gasteiger partial charge in [-0.1, -0.05) is 36.4 Å². The lowest BCUT2D eigenvalue weighted by molar-refractivity contribution is -0.121. The number of fused-ring (bicyclic) bond motifs is 1. The monoisotopic (exact) mass is 310 g/mol. The molecular formula is C19H19FN2O. The van der Waals surface area contributed by atoms with Crippen LogP contribution in [0.15, 0.2) is 54.7 Å². The van der Waals surface area contributed by atoms with Crippen LogP contribution in [0.2, 0.25) is 0 Å². The minimum Gasteiger partial charge on any atom is -0.361 e. The molecule has 3 nitrogen and oxygen atoms in total. The van der Waals surface area contributed by atoms with Crippen LogP contribution in [0.4, 0.5) is 4.39 Å².